The van der Waals surface area contributed by atoms with Gasteiger partial charge < -0.3 is 15.3 Å². The van der Waals surface area contributed by atoms with Crippen molar-refractivity contribution in [1.82, 2.24) is 15.3 Å². The molecule has 1 atom stereocenters. The quantitative estimate of drug-likeness (QED) is 0.446. The molecule has 0 bridgehead atoms. The first kappa shape index (κ1) is 18.1. The zero-order chi connectivity index (χ0) is 19.1. The van der Waals surface area contributed by atoms with Gasteiger partial charge in [0, 0.05) is 0 Å². The van der Waals surface area contributed by atoms with Gasteiger partial charge >= 0.3 is 6.18 Å². The molecule has 1 amide bonds. The molecule has 0 fully saturated rings. The Morgan fingerprint density at radius 2 is 1.81 bits per heavy atom. The monoisotopic (exact) mass is 383 g/mol. The smallest absolute Gasteiger partial charge is 0.345 e. The van der Waals surface area contributed by atoms with Gasteiger partial charge in [-0.15, -0.1) is 0 Å². The molecule has 1 unspecified atom stereocenters. The van der Waals surface area contributed by atoms with Gasteiger partial charge in [-0.1, -0.05) is 12.1 Å². The zero-order valence-electron chi connectivity index (χ0n) is 13.4. The molecule has 1 aromatic heterocycles. The van der Waals surface area contributed by atoms with E-state index in [0.717, 1.165) is 18.2 Å². The summed E-state index contributed by atoms with van der Waals surface area (Å²) < 4.78 is 51.8. The predicted molar refractivity (Wildman–Crippen MR) is 90.8 cm³/mol. The van der Waals surface area contributed by atoms with Crippen LogP contribution < -0.4 is 5.32 Å². The average molecular weight is 383 g/mol. The van der Waals surface area contributed by atoms with Crippen molar-refractivity contribution < 1.29 is 22.4 Å². The van der Waals surface area contributed by atoms with Crippen LogP contribution in [0.15, 0.2) is 36.4 Å². The summed E-state index contributed by atoms with van der Waals surface area (Å²) in [6.45, 7) is 1.62. The summed E-state index contributed by atoms with van der Waals surface area (Å²) in [4.78, 5) is 18.0. The first-order valence-electron chi connectivity index (χ1n) is 7.54. The van der Waals surface area contributed by atoms with Crippen LogP contribution >= 0.6 is 12.2 Å². The van der Waals surface area contributed by atoms with Gasteiger partial charge in [0.15, 0.2) is 4.77 Å². The summed E-state index contributed by atoms with van der Waals surface area (Å²) in [5.41, 5.74) is 0.467. The third kappa shape index (κ3) is 3.62. The van der Waals surface area contributed by atoms with E-state index in [-0.39, 0.29) is 10.3 Å². The molecule has 0 aliphatic carbocycles. The molecule has 3 rings (SSSR count). The highest BCUT2D eigenvalue weighted by atomic mass is 32.1. The number of aromatic amines is 2. The molecule has 136 valence electrons. The SMILES string of the molecule is CC(NC(=O)c1cc(F)cc2[nH]c(=S)[nH]c12)c1ccc(C(F)(F)F)cc1. The van der Waals surface area contributed by atoms with E-state index >= 15 is 0 Å². The average Bonchev–Trinajstić information content (AvgIpc) is 2.93. The van der Waals surface area contributed by atoms with E-state index in [1.165, 1.54) is 18.2 Å². The number of hydrogen-bond acceptors (Lipinski definition) is 2. The summed E-state index contributed by atoms with van der Waals surface area (Å²) in [5.74, 6) is -1.19. The van der Waals surface area contributed by atoms with Gasteiger partial charge in [-0.25, -0.2) is 4.39 Å². The van der Waals surface area contributed by atoms with E-state index in [9.17, 15) is 22.4 Å². The number of amides is 1. The normalized spacial score (nSPS) is 13.0. The number of imidazole rings is 1. The lowest BCUT2D eigenvalue weighted by molar-refractivity contribution is -0.137. The Morgan fingerprint density at radius 1 is 1.15 bits per heavy atom. The molecule has 0 saturated heterocycles. The molecule has 1 heterocycles. The topological polar surface area (TPSA) is 60.7 Å². The van der Waals surface area contributed by atoms with Gasteiger partial charge in [0.2, 0.25) is 0 Å². The fourth-order valence-corrected chi connectivity index (χ4v) is 2.82. The predicted octanol–water partition coefficient (Wildman–Crippen LogP) is 4.87. The summed E-state index contributed by atoms with van der Waals surface area (Å²) in [5, 5.41) is 2.64. The fourth-order valence-electron chi connectivity index (χ4n) is 2.60. The van der Waals surface area contributed by atoms with Crippen LogP contribution in [0.2, 0.25) is 0 Å². The highest BCUT2D eigenvalue weighted by molar-refractivity contribution is 7.71. The number of benzene rings is 2. The first-order chi connectivity index (χ1) is 12.1. The molecule has 2 aromatic carbocycles. The van der Waals surface area contributed by atoms with Crippen molar-refractivity contribution in [3.8, 4) is 0 Å². The number of H-pyrrole nitrogens is 2. The van der Waals surface area contributed by atoms with E-state index in [1.54, 1.807) is 6.92 Å². The Kier molecular flexibility index (Phi) is 4.57. The highest BCUT2D eigenvalue weighted by Crippen LogP contribution is 2.30. The molecule has 0 spiro atoms. The highest BCUT2D eigenvalue weighted by Gasteiger charge is 2.30. The Hall–Kier alpha value is -2.68. The fraction of sp³-hybridized carbons (Fsp3) is 0.176. The Bertz CT molecular complexity index is 1020. The Morgan fingerprint density at radius 3 is 2.42 bits per heavy atom. The first-order valence-corrected chi connectivity index (χ1v) is 7.95. The van der Waals surface area contributed by atoms with Gasteiger partial charge in [-0.05, 0) is 49.0 Å². The maximum absolute atomic E-state index is 13.7. The minimum absolute atomic E-state index is 0.0473. The van der Waals surface area contributed by atoms with Gasteiger partial charge in [-0.3, -0.25) is 4.79 Å². The summed E-state index contributed by atoms with van der Waals surface area (Å²) in [6, 6.07) is 6.17. The number of nitrogens with one attached hydrogen (secondary N) is 3. The zero-order valence-corrected chi connectivity index (χ0v) is 14.2. The van der Waals surface area contributed by atoms with Gasteiger partial charge in [-0.2, -0.15) is 13.2 Å². The second-order valence-electron chi connectivity index (χ2n) is 5.77. The van der Waals surface area contributed by atoms with Gasteiger partial charge in [0.1, 0.15) is 5.82 Å². The molecule has 4 nitrogen and oxygen atoms in total. The number of fused-ring (bicyclic) bond motifs is 1. The van der Waals surface area contributed by atoms with E-state index in [2.05, 4.69) is 15.3 Å². The minimum atomic E-state index is -4.43. The molecule has 0 aliphatic rings. The number of carbonyl (C=O) groups is 1. The second kappa shape index (κ2) is 6.56. The summed E-state index contributed by atoms with van der Waals surface area (Å²) in [6.07, 6.45) is -4.43. The number of alkyl halides is 3. The standard InChI is InChI=1S/C17H13F4N3OS/c1-8(9-2-4-10(5-3-9)17(19,20)21)22-15(25)12-6-11(18)7-13-14(12)24-16(26)23-13/h2-8H,1H3,(H,22,25)(H2,23,24,26). The molecule has 9 heteroatoms. The van der Waals surface area contributed by atoms with Crippen LogP contribution in [0.25, 0.3) is 11.0 Å². The van der Waals surface area contributed by atoms with E-state index in [0.29, 0.717) is 16.6 Å². The van der Waals surface area contributed by atoms with Crippen molar-refractivity contribution >= 4 is 29.2 Å². The van der Waals surface area contributed by atoms with Crippen LogP contribution in [0.5, 0.6) is 0 Å². The van der Waals surface area contributed by atoms with Crippen molar-refractivity contribution in [3.63, 3.8) is 0 Å². The number of carbonyl (C=O) groups excluding carboxylic acids is 1. The lowest BCUT2D eigenvalue weighted by Crippen LogP contribution is -2.27. The molecule has 26 heavy (non-hydrogen) atoms. The molecule has 0 aliphatic heterocycles. The van der Waals surface area contributed by atoms with Crippen LogP contribution in [0.1, 0.15) is 34.5 Å². The maximum Gasteiger partial charge on any atom is 0.416 e. The maximum atomic E-state index is 13.7. The molecule has 3 aromatic rings. The number of aromatic nitrogens is 2. The largest absolute Gasteiger partial charge is 0.416 e. The summed E-state index contributed by atoms with van der Waals surface area (Å²) >= 11 is 4.95. The Balaban J connectivity index is 1.85. The molecular weight excluding hydrogens is 370 g/mol. The number of rotatable bonds is 3. The van der Waals surface area contributed by atoms with Crippen molar-refractivity contribution in [1.29, 1.82) is 0 Å². The third-order valence-corrected chi connectivity index (χ3v) is 4.12. The Labute approximate surface area is 150 Å². The third-order valence-electron chi connectivity index (χ3n) is 3.92. The van der Waals surface area contributed by atoms with Gasteiger partial charge in [0.05, 0.1) is 28.2 Å². The number of halogens is 4. The van der Waals surface area contributed by atoms with Crippen molar-refractivity contribution in [2.24, 2.45) is 0 Å². The lowest BCUT2D eigenvalue weighted by atomic mass is 10.0. The molecule has 0 radical (unpaired) electrons. The molecular formula is C17H13F4N3OS. The van der Waals surface area contributed by atoms with Crippen LogP contribution in [0.3, 0.4) is 0 Å². The van der Waals surface area contributed by atoms with Crippen LogP contribution in [0.4, 0.5) is 17.6 Å². The van der Waals surface area contributed by atoms with Crippen LogP contribution in [-0.2, 0) is 6.18 Å². The van der Waals surface area contributed by atoms with Gasteiger partial charge in [0.25, 0.3) is 5.91 Å². The minimum Gasteiger partial charge on any atom is -0.345 e. The van der Waals surface area contributed by atoms with E-state index in [1.807, 2.05) is 0 Å². The van der Waals surface area contributed by atoms with Crippen molar-refractivity contribution in [2.45, 2.75) is 19.1 Å². The number of hydrogen-bond donors (Lipinski definition) is 3. The van der Waals surface area contributed by atoms with E-state index < -0.39 is 29.5 Å². The second-order valence-corrected chi connectivity index (χ2v) is 6.18. The molecule has 0 saturated carbocycles. The van der Waals surface area contributed by atoms with Crippen molar-refractivity contribution in [2.75, 3.05) is 0 Å². The van der Waals surface area contributed by atoms with Crippen molar-refractivity contribution in [3.05, 3.63) is 63.7 Å². The van der Waals surface area contributed by atoms with Crippen LogP contribution in [-0.4, -0.2) is 15.9 Å². The van der Waals surface area contributed by atoms with E-state index in [4.69, 9.17) is 12.2 Å². The lowest BCUT2D eigenvalue weighted by Gasteiger charge is -2.16. The molecule has 3 N–H and O–H groups in total. The van der Waals surface area contributed by atoms with Crippen LogP contribution in [0, 0.1) is 10.6 Å². The summed E-state index contributed by atoms with van der Waals surface area (Å²) in [7, 11) is 0.